The van der Waals surface area contributed by atoms with Gasteiger partial charge in [0.2, 0.25) is 0 Å². The van der Waals surface area contributed by atoms with Gasteiger partial charge in [-0.1, -0.05) is 152 Å². The highest BCUT2D eigenvalue weighted by atomic mass is 16.3. The minimum absolute atomic E-state index is 0.482. The predicted molar refractivity (Wildman–Crippen MR) is 168 cm³/mol. The first kappa shape index (κ1) is 35.6. The highest BCUT2D eigenvalue weighted by molar-refractivity contribution is 5.78. The fourth-order valence-corrected chi connectivity index (χ4v) is 4.61. The second-order valence-electron chi connectivity index (χ2n) is 10.9. The van der Waals surface area contributed by atoms with Crippen LogP contribution in [0.15, 0.2) is 48.6 Å². The first-order valence-electron chi connectivity index (χ1n) is 16.4. The van der Waals surface area contributed by atoms with Gasteiger partial charge >= 0.3 is 0 Å². The van der Waals surface area contributed by atoms with Crippen molar-refractivity contribution in [1.82, 2.24) is 0 Å². The van der Waals surface area contributed by atoms with E-state index in [-0.39, 0.29) is 0 Å². The molecule has 0 aromatic heterocycles. The number of rotatable bonds is 29. The van der Waals surface area contributed by atoms with Crippen molar-refractivity contribution in [3.63, 3.8) is 0 Å². The quantitative estimate of drug-likeness (QED) is 0.0716. The highest BCUT2D eigenvalue weighted by Gasteiger charge is 2.01. The monoisotopic (exact) mass is 514 g/mol. The van der Waals surface area contributed by atoms with E-state index in [1.54, 1.807) is 0 Å². The summed E-state index contributed by atoms with van der Waals surface area (Å²) < 4.78 is 0. The Kier molecular flexibility index (Phi) is 31.4. The van der Waals surface area contributed by atoms with Crippen LogP contribution in [0.4, 0.5) is 0 Å². The first-order valence-corrected chi connectivity index (χ1v) is 16.4. The van der Waals surface area contributed by atoms with Crippen LogP contribution in [0, 0.1) is 0 Å². The zero-order valence-corrected chi connectivity index (χ0v) is 25.2. The van der Waals surface area contributed by atoms with Crippen LogP contribution in [-0.2, 0) is 4.79 Å². The summed E-state index contributed by atoms with van der Waals surface area (Å²) in [5.41, 5.74) is 0. The molecule has 0 N–H and O–H groups in total. The number of allylic oxidation sites excluding steroid dienone is 8. The van der Waals surface area contributed by atoms with Crippen LogP contribution in [0.25, 0.3) is 0 Å². The Morgan fingerprint density at radius 1 is 0.378 bits per heavy atom. The van der Waals surface area contributed by atoms with Crippen molar-refractivity contribution >= 4 is 5.78 Å². The van der Waals surface area contributed by atoms with Crippen molar-refractivity contribution in [2.75, 3.05) is 0 Å². The summed E-state index contributed by atoms with van der Waals surface area (Å²) in [7, 11) is 0. The van der Waals surface area contributed by atoms with Crippen LogP contribution in [0.1, 0.15) is 174 Å². The van der Waals surface area contributed by atoms with E-state index in [0.29, 0.717) is 5.78 Å². The third-order valence-corrected chi connectivity index (χ3v) is 7.09. The van der Waals surface area contributed by atoms with E-state index in [1.165, 1.54) is 103 Å². The Morgan fingerprint density at radius 2 is 0.676 bits per heavy atom. The average Bonchev–Trinajstić information content (AvgIpc) is 2.90. The summed E-state index contributed by atoms with van der Waals surface area (Å²) in [6, 6.07) is 0. The molecule has 0 radical (unpaired) electrons. The van der Waals surface area contributed by atoms with E-state index in [2.05, 4.69) is 62.5 Å². The first-order chi connectivity index (χ1) is 18.3. The van der Waals surface area contributed by atoms with E-state index in [1.807, 2.05) is 0 Å². The molecule has 0 aromatic carbocycles. The average molecular weight is 515 g/mol. The van der Waals surface area contributed by atoms with Gasteiger partial charge in [-0.05, 0) is 57.8 Å². The van der Waals surface area contributed by atoms with Gasteiger partial charge in [-0.2, -0.15) is 0 Å². The minimum atomic E-state index is 0.482. The second kappa shape index (κ2) is 32.7. The van der Waals surface area contributed by atoms with Gasteiger partial charge in [0.05, 0.1) is 0 Å². The van der Waals surface area contributed by atoms with Gasteiger partial charge in [0, 0.05) is 12.8 Å². The molecule has 214 valence electrons. The van der Waals surface area contributed by atoms with Gasteiger partial charge in [-0.3, -0.25) is 4.79 Å². The Labute approximate surface area is 233 Å². The lowest BCUT2D eigenvalue weighted by Gasteiger charge is -2.03. The molecule has 0 spiro atoms. The van der Waals surface area contributed by atoms with E-state index < -0.39 is 0 Å². The van der Waals surface area contributed by atoms with Crippen molar-refractivity contribution in [3.8, 4) is 0 Å². The van der Waals surface area contributed by atoms with Crippen molar-refractivity contribution in [1.29, 1.82) is 0 Å². The molecule has 0 unspecified atom stereocenters. The van der Waals surface area contributed by atoms with Gasteiger partial charge < -0.3 is 0 Å². The van der Waals surface area contributed by atoms with Gasteiger partial charge in [0.1, 0.15) is 5.78 Å². The number of hydrogen-bond donors (Lipinski definition) is 0. The number of carbonyl (C=O) groups is 1. The minimum Gasteiger partial charge on any atom is -0.300 e. The molecule has 1 nitrogen and oxygen atoms in total. The smallest absolute Gasteiger partial charge is 0.132 e. The standard InChI is InChI=1S/C36H64O/c1-3-5-7-9-11-13-15-17-18-19-20-21-23-25-27-29-31-33-35-36(37)34-32-30-28-26-24-22-16-14-12-10-8-6-4-2/h11,13,17-18,20-21,25,27H,3-10,12,14-16,19,22-24,26,28-35H2,1-2H3/i36+2. The zero-order chi connectivity index (χ0) is 26.9. The third-order valence-electron chi connectivity index (χ3n) is 7.09. The van der Waals surface area contributed by atoms with E-state index >= 15 is 0 Å². The maximum atomic E-state index is 12.1. The highest BCUT2D eigenvalue weighted by Crippen LogP contribution is 2.14. The van der Waals surface area contributed by atoms with Gasteiger partial charge in [0.25, 0.3) is 0 Å². The van der Waals surface area contributed by atoms with E-state index in [0.717, 1.165) is 57.8 Å². The Bertz CT molecular complexity index is 565. The topological polar surface area (TPSA) is 17.1 Å². The lowest BCUT2D eigenvalue weighted by Crippen LogP contribution is -1.97. The van der Waals surface area contributed by atoms with Crippen molar-refractivity contribution in [2.45, 2.75) is 174 Å². The number of hydrogen-bond acceptors (Lipinski definition) is 1. The van der Waals surface area contributed by atoms with Gasteiger partial charge in [-0.15, -0.1) is 0 Å². The van der Waals surface area contributed by atoms with Crippen LogP contribution >= 0.6 is 0 Å². The number of carbonyl (C=O) groups excluding carboxylic acids is 1. The molecule has 0 saturated carbocycles. The molecule has 0 fully saturated rings. The molecule has 0 aliphatic heterocycles. The molecule has 1 heteroatoms. The summed E-state index contributed by atoms with van der Waals surface area (Å²) in [5, 5.41) is 0. The normalized spacial score (nSPS) is 12.3. The lowest BCUT2D eigenvalue weighted by atomic mass is 10.0. The Balaban J connectivity index is 3.36. The summed E-state index contributed by atoms with van der Waals surface area (Å²) in [6.07, 6.45) is 49.1. The zero-order valence-electron chi connectivity index (χ0n) is 25.2. The molecule has 0 bridgehead atoms. The summed E-state index contributed by atoms with van der Waals surface area (Å²) in [4.78, 5) is 12.1. The Hall–Kier alpha value is -1.37. The number of unbranched alkanes of at least 4 members (excludes halogenated alkanes) is 17. The fourth-order valence-electron chi connectivity index (χ4n) is 4.61. The maximum Gasteiger partial charge on any atom is 0.132 e. The molecule has 0 rings (SSSR count). The number of ketones is 1. The van der Waals surface area contributed by atoms with Crippen molar-refractivity contribution in [2.24, 2.45) is 0 Å². The van der Waals surface area contributed by atoms with Crippen molar-refractivity contribution in [3.05, 3.63) is 48.6 Å². The van der Waals surface area contributed by atoms with E-state index in [9.17, 15) is 4.79 Å². The maximum absolute atomic E-state index is 12.1. The van der Waals surface area contributed by atoms with Gasteiger partial charge in [-0.25, -0.2) is 0 Å². The van der Waals surface area contributed by atoms with Crippen molar-refractivity contribution < 1.29 is 4.79 Å². The van der Waals surface area contributed by atoms with Crippen LogP contribution < -0.4 is 0 Å². The lowest BCUT2D eigenvalue weighted by molar-refractivity contribution is -0.119. The second-order valence-corrected chi connectivity index (χ2v) is 10.9. The van der Waals surface area contributed by atoms with Crippen LogP contribution in [0.5, 0.6) is 0 Å². The largest absolute Gasteiger partial charge is 0.300 e. The summed E-state index contributed by atoms with van der Waals surface area (Å²) in [6.45, 7) is 4.54. The SMILES string of the molecule is CCCCCC=CCC=CCC=CCC=CCCCC[14C](=O)CCCCCCCCCCCCCCC. The molecule has 0 heterocycles. The molecule has 0 aliphatic rings. The third kappa shape index (κ3) is 32.6. The predicted octanol–water partition coefficient (Wildman–Crippen LogP) is 12.6. The summed E-state index contributed by atoms with van der Waals surface area (Å²) >= 11 is 0. The molecular weight excluding hydrogens is 450 g/mol. The van der Waals surface area contributed by atoms with E-state index in [4.69, 9.17) is 0 Å². The van der Waals surface area contributed by atoms with Crippen LogP contribution in [-0.4, -0.2) is 5.78 Å². The van der Waals surface area contributed by atoms with Crippen LogP contribution in [0.2, 0.25) is 0 Å². The molecule has 37 heavy (non-hydrogen) atoms. The van der Waals surface area contributed by atoms with Gasteiger partial charge in [0.15, 0.2) is 0 Å². The fraction of sp³-hybridized carbons (Fsp3) is 0.750. The molecule has 0 saturated heterocycles. The molecule has 0 aliphatic carbocycles. The molecule has 0 aromatic rings. The molecule has 0 atom stereocenters. The summed E-state index contributed by atoms with van der Waals surface area (Å²) in [5.74, 6) is 0.482. The van der Waals surface area contributed by atoms with Crippen LogP contribution in [0.3, 0.4) is 0 Å². The Morgan fingerprint density at radius 3 is 1.11 bits per heavy atom. The molecule has 0 amide bonds. The number of Topliss-reactive ketones (excluding diaryl/α,β-unsaturated/α-hetero) is 1. The molecular formula is C36H64O.